The zero-order chi connectivity index (χ0) is 30.0. The minimum absolute atomic E-state index is 0.175. The summed E-state index contributed by atoms with van der Waals surface area (Å²) in [5.74, 6) is -0.392. The number of piperidine rings is 1. The number of hydrogen-bond donors (Lipinski definition) is 2. The van der Waals surface area contributed by atoms with E-state index in [0.717, 1.165) is 37.3 Å². The highest BCUT2D eigenvalue weighted by Gasteiger charge is 2.43. The third-order valence-electron chi connectivity index (χ3n) is 9.08. The number of anilines is 2. The van der Waals surface area contributed by atoms with Crippen LogP contribution in [0.4, 0.5) is 15.2 Å². The average molecular weight is 652 g/mol. The molecule has 3 aliphatic heterocycles. The van der Waals surface area contributed by atoms with Crippen molar-refractivity contribution in [3.05, 3.63) is 75.9 Å². The van der Waals surface area contributed by atoms with E-state index in [1.807, 2.05) is 6.07 Å². The smallest absolute Gasteiger partial charge is 0.257 e. The van der Waals surface area contributed by atoms with Crippen LogP contribution >= 0.6 is 34.5 Å². The van der Waals surface area contributed by atoms with Gasteiger partial charge in [-0.25, -0.2) is 14.4 Å². The maximum atomic E-state index is 14.3. The molecular formula is C31H29Cl2FN8OS. The molecule has 1 spiro atoms. The van der Waals surface area contributed by atoms with Crippen molar-refractivity contribution in [3.8, 4) is 11.1 Å². The lowest BCUT2D eigenvalue weighted by Gasteiger charge is -2.53. The molecule has 6 heterocycles. The van der Waals surface area contributed by atoms with Crippen LogP contribution in [0.3, 0.4) is 0 Å². The molecule has 2 N–H and O–H groups in total. The third kappa shape index (κ3) is 4.77. The molecule has 1 unspecified atom stereocenters. The molecule has 9 nitrogen and oxygen atoms in total. The van der Waals surface area contributed by atoms with Gasteiger partial charge in [0.25, 0.3) is 5.91 Å². The minimum Gasteiger partial charge on any atom is -0.370 e. The van der Waals surface area contributed by atoms with Crippen LogP contribution < -0.4 is 15.5 Å². The topological polar surface area (TPSA) is 92.9 Å². The van der Waals surface area contributed by atoms with Gasteiger partial charge in [-0.3, -0.25) is 14.8 Å². The second-order valence-corrected chi connectivity index (χ2v) is 13.7. The number of rotatable bonds is 6. The Bertz CT molecular complexity index is 1860. The Kier molecular flexibility index (Phi) is 6.89. The lowest BCUT2D eigenvalue weighted by Crippen LogP contribution is -2.62. The number of amides is 1. The SMILES string of the molecule is O=C(Nc1nccs1)C(c1ncn2c1C[C@@H](F)C2)n1cc2c(Cl)cc(-c3ccc(N4CC5(CCCNC5)C4)cc3)c(Cl)c2n1. The summed E-state index contributed by atoms with van der Waals surface area (Å²) in [6, 6.07) is 9.23. The van der Waals surface area contributed by atoms with E-state index in [1.165, 1.54) is 34.5 Å². The zero-order valence-corrected chi connectivity index (χ0v) is 26.0. The number of carbonyl (C=O) groups excluding carboxylic acids is 1. The molecule has 0 radical (unpaired) electrons. The molecule has 2 saturated heterocycles. The van der Waals surface area contributed by atoms with Gasteiger partial charge in [0.1, 0.15) is 11.7 Å². The first-order valence-electron chi connectivity index (χ1n) is 14.7. The molecule has 226 valence electrons. The Morgan fingerprint density at radius 3 is 2.80 bits per heavy atom. The second kappa shape index (κ2) is 10.8. The van der Waals surface area contributed by atoms with Crippen molar-refractivity contribution in [1.29, 1.82) is 0 Å². The normalized spacial score (nSPS) is 19.7. The van der Waals surface area contributed by atoms with Gasteiger partial charge in [0.15, 0.2) is 11.2 Å². The number of aromatic nitrogens is 5. The molecule has 8 rings (SSSR count). The summed E-state index contributed by atoms with van der Waals surface area (Å²) in [4.78, 5) is 24.9. The summed E-state index contributed by atoms with van der Waals surface area (Å²) in [5, 5.41) is 14.9. The van der Waals surface area contributed by atoms with Crippen LogP contribution in [0.5, 0.6) is 0 Å². The Morgan fingerprint density at radius 1 is 1.20 bits per heavy atom. The maximum Gasteiger partial charge on any atom is 0.257 e. The second-order valence-electron chi connectivity index (χ2n) is 12.0. The number of nitrogens with one attached hydrogen (secondary N) is 2. The maximum absolute atomic E-state index is 14.3. The van der Waals surface area contributed by atoms with E-state index in [2.05, 4.69) is 49.8 Å². The van der Waals surface area contributed by atoms with Gasteiger partial charge in [-0.15, -0.1) is 11.3 Å². The van der Waals surface area contributed by atoms with E-state index < -0.39 is 18.1 Å². The van der Waals surface area contributed by atoms with Crippen molar-refractivity contribution in [1.82, 2.24) is 29.6 Å². The molecule has 2 fully saturated rings. The lowest BCUT2D eigenvalue weighted by molar-refractivity contribution is -0.118. The molecule has 3 aromatic heterocycles. The molecule has 13 heteroatoms. The highest BCUT2D eigenvalue weighted by atomic mass is 35.5. The van der Waals surface area contributed by atoms with Gasteiger partial charge in [-0.05, 0) is 43.1 Å². The molecule has 0 bridgehead atoms. The van der Waals surface area contributed by atoms with Crippen molar-refractivity contribution >= 4 is 62.2 Å². The van der Waals surface area contributed by atoms with Crippen LogP contribution in [0, 0.1) is 5.41 Å². The molecule has 44 heavy (non-hydrogen) atoms. The van der Waals surface area contributed by atoms with Crippen LogP contribution in [-0.4, -0.2) is 62.6 Å². The van der Waals surface area contributed by atoms with Gasteiger partial charge >= 0.3 is 0 Å². The fraction of sp³-hybridized carbons (Fsp3) is 0.355. The van der Waals surface area contributed by atoms with Crippen LogP contribution in [0.15, 0.2) is 54.4 Å². The Balaban J connectivity index is 1.12. The van der Waals surface area contributed by atoms with E-state index in [4.69, 9.17) is 28.3 Å². The molecule has 1 amide bonds. The number of hydrogen-bond acceptors (Lipinski definition) is 7. The molecule has 5 aromatic rings. The predicted molar refractivity (Wildman–Crippen MR) is 172 cm³/mol. The van der Waals surface area contributed by atoms with Gasteiger partial charge in [0.05, 0.1) is 28.6 Å². The van der Waals surface area contributed by atoms with E-state index in [-0.39, 0.29) is 13.0 Å². The third-order valence-corrected chi connectivity index (χ3v) is 10.5. The highest BCUT2D eigenvalue weighted by Crippen LogP contribution is 2.42. The number of nitrogens with zero attached hydrogens (tertiary/aromatic N) is 6. The first-order valence-corrected chi connectivity index (χ1v) is 16.3. The quantitative estimate of drug-likeness (QED) is 0.235. The van der Waals surface area contributed by atoms with Crippen molar-refractivity contribution in [2.24, 2.45) is 5.41 Å². The van der Waals surface area contributed by atoms with E-state index >= 15 is 0 Å². The van der Waals surface area contributed by atoms with Gasteiger partial charge in [0.2, 0.25) is 0 Å². The van der Waals surface area contributed by atoms with Crippen molar-refractivity contribution in [2.75, 3.05) is 36.4 Å². The molecule has 0 saturated carbocycles. The van der Waals surface area contributed by atoms with Gasteiger partial charge in [-0.1, -0.05) is 35.3 Å². The van der Waals surface area contributed by atoms with E-state index in [1.54, 1.807) is 28.7 Å². The number of carbonyl (C=O) groups is 1. The fourth-order valence-corrected chi connectivity index (χ4v) is 7.99. The summed E-state index contributed by atoms with van der Waals surface area (Å²) in [6.07, 6.45) is 6.55. The van der Waals surface area contributed by atoms with E-state index in [0.29, 0.717) is 42.9 Å². The molecule has 2 atom stereocenters. The Morgan fingerprint density at radius 2 is 2.05 bits per heavy atom. The predicted octanol–water partition coefficient (Wildman–Crippen LogP) is 5.98. The molecule has 3 aliphatic rings. The average Bonchev–Trinajstić information content (AvgIpc) is 3.81. The first-order chi connectivity index (χ1) is 21.4. The highest BCUT2D eigenvalue weighted by molar-refractivity contribution is 7.13. The van der Waals surface area contributed by atoms with Crippen LogP contribution in [-0.2, 0) is 17.8 Å². The molecule has 2 aromatic carbocycles. The number of imidazole rings is 1. The Labute approximate surface area is 267 Å². The van der Waals surface area contributed by atoms with Crippen LogP contribution in [0.1, 0.15) is 30.3 Å². The monoisotopic (exact) mass is 650 g/mol. The van der Waals surface area contributed by atoms with Gasteiger partial charge in [-0.2, -0.15) is 5.10 Å². The summed E-state index contributed by atoms with van der Waals surface area (Å²) in [5.41, 5.74) is 4.84. The summed E-state index contributed by atoms with van der Waals surface area (Å²) in [6.45, 7) is 4.56. The van der Waals surface area contributed by atoms with Crippen molar-refractivity contribution in [2.45, 2.75) is 38.0 Å². The standard InChI is InChI=1S/C31H29Cl2FN8OS/c32-23-11-21(18-2-4-20(5-3-18)41-15-31(16-41)6-1-7-35-14-31)25(33)26-22(23)13-42(39-26)28(29(43)38-30-36-8-9-44-30)27-24-10-19(34)12-40(24)17-37-27/h2-5,8-9,11,13,17,19,28,35H,1,6-7,10,12,14-16H2,(H,36,38,43)/t19-,28?/m1/s1. The van der Waals surface area contributed by atoms with Crippen LogP contribution in [0.2, 0.25) is 10.0 Å². The van der Waals surface area contributed by atoms with Crippen LogP contribution in [0.25, 0.3) is 22.0 Å². The number of alkyl halides is 1. The van der Waals surface area contributed by atoms with Crippen molar-refractivity contribution in [3.63, 3.8) is 0 Å². The zero-order valence-electron chi connectivity index (χ0n) is 23.6. The first kappa shape index (κ1) is 28.0. The van der Waals surface area contributed by atoms with Gasteiger partial charge in [0, 0.05) is 71.6 Å². The lowest BCUT2D eigenvalue weighted by atomic mass is 9.74. The number of fused-ring (bicyclic) bond motifs is 2. The summed E-state index contributed by atoms with van der Waals surface area (Å²) < 4.78 is 17.6. The fourth-order valence-electron chi connectivity index (χ4n) is 6.91. The molecule has 0 aliphatic carbocycles. The summed E-state index contributed by atoms with van der Waals surface area (Å²) in [7, 11) is 0. The van der Waals surface area contributed by atoms with Gasteiger partial charge < -0.3 is 14.8 Å². The molecular weight excluding hydrogens is 622 g/mol. The van der Waals surface area contributed by atoms with Crippen molar-refractivity contribution < 1.29 is 9.18 Å². The largest absolute Gasteiger partial charge is 0.370 e. The summed E-state index contributed by atoms with van der Waals surface area (Å²) >= 11 is 15.1. The van der Waals surface area contributed by atoms with E-state index in [9.17, 15) is 9.18 Å². The number of halogens is 3. The number of thiazole rings is 1. The number of benzene rings is 2. The minimum atomic E-state index is -1.03. The Hall–Kier alpha value is -3.51.